The topological polar surface area (TPSA) is 36.7 Å². The van der Waals surface area contributed by atoms with Gasteiger partial charge in [-0.1, -0.05) is 24.3 Å². The quantitative estimate of drug-likeness (QED) is 0.724. The van der Waals surface area contributed by atoms with Crippen LogP contribution in [-0.2, 0) is 0 Å². The molecule has 1 aromatic heterocycles. The van der Waals surface area contributed by atoms with Crippen molar-refractivity contribution in [1.82, 2.24) is 4.98 Å². The zero-order valence-electron chi connectivity index (χ0n) is 8.02. The molecule has 2 nitrogen and oxygen atoms in total. The molecule has 1 unspecified atom stereocenters. The molecular formula is C12H9ClN2. The summed E-state index contributed by atoms with van der Waals surface area (Å²) in [6, 6.07) is 13.8. The molecule has 1 heterocycles. The number of rotatable bonds is 2. The number of benzene rings is 1. The van der Waals surface area contributed by atoms with Gasteiger partial charge in [-0.3, -0.25) is 4.98 Å². The van der Waals surface area contributed by atoms with E-state index in [-0.39, 0.29) is 11.8 Å². The van der Waals surface area contributed by atoms with Crippen molar-refractivity contribution in [2.75, 3.05) is 5.88 Å². The minimum Gasteiger partial charge on any atom is -0.251 e. The molecule has 0 saturated heterocycles. The highest BCUT2D eigenvalue weighted by Crippen LogP contribution is 2.18. The number of aromatic nitrogens is 1. The minimum absolute atomic E-state index is 0.280. The Morgan fingerprint density at radius 2 is 2.07 bits per heavy atom. The van der Waals surface area contributed by atoms with Gasteiger partial charge in [-0.2, -0.15) is 5.26 Å². The summed E-state index contributed by atoms with van der Waals surface area (Å²) in [4.78, 5) is 4.41. The van der Waals surface area contributed by atoms with E-state index in [1.54, 1.807) is 0 Å². The van der Waals surface area contributed by atoms with Gasteiger partial charge in [-0.05, 0) is 12.1 Å². The summed E-state index contributed by atoms with van der Waals surface area (Å²) in [7, 11) is 0. The number of pyridine rings is 1. The summed E-state index contributed by atoms with van der Waals surface area (Å²) < 4.78 is 0. The molecule has 0 fully saturated rings. The average Bonchev–Trinajstić information content (AvgIpc) is 2.30. The van der Waals surface area contributed by atoms with Crippen LogP contribution in [0, 0.1) is 11.3 Å². The largest absolute Gasteiger partial charge is 0.251 e. The Balaban J connectivity index is 2.52. The second kappa shape index (κ2) is 4.29. The standard InChI is InChI=1S/C12H9ClN2/c13-7-10(8-14)12-6-5-9-3-1-2-4-11(9)15-12/h1-6,10H,7H2. The Bertz CT molecular complexity index is 516. The first kappa shape index (κ1) is 9.95. The highest BCUT2D eigenvalue weighted by Gasteiger charge is 2.10. The number of nitriles is 1. The van der Waals surface area contributed by atoms with Crippen LogP contribution in [0.3, 0.4) is 0 Å². The molecule has 0 aliphatic heterocycles. The lowest BCUT2D eigenvalue weighted by atomic mass is 10.1. The lowest BCUT2D eigenvalue weighted by Crippen LogP contribution is -2.00. The maximum atomic E-state index is 8.88. The lowest BCUT2D eigenvalue weighted by molar-refractivity contribution is 0.939. The maximum absolute atomic E-state index is 8.88. The van der Waals surface area contributed by atoms with E-state index in [0.29, 0.717) is 0 Å². The van der Waals surface area contributed by atoms with Gasteiger partial charge in [0.25, 0.3) is 0 Å². The van der Waals surface area contributed by atoms with Gasteiger partial charge < -0.3 is 0 Å². The molecule has 0 spiro atoms. The molecular weight excluding hydrogens is 208 g/mol. The molecule has 0 N–H and O–H groups in total. The Morgan fingerprint density at radius 1 is 1.27 bits per heavy atom. The minimum atomic E-state index is -0.323. The first-order valence-corrected chi connectivity index (χ1v) is 5.20. The van der Waals surface area contributed by atoms with Gasteiger partial charge in [0.05, 0.1) is 17.3 Å². The first-order valence-electron chi connectivity index (χ1n) is 4.66. The summed E-state index contributed by atoms with van der Waals surface area (Å²) >= 11 is 5.69. The Morgan fingerprint density at radius 3 is 2.80 bits per heavy atom. The van der Waals surface area contributed by atoms with Crippen LogP contribution in [0.1, 0.15) is 11.6 Å². The second-order valence-corrected chi connectivity index (χ2v) is 3.57. The maximum Gasteiger partial charge on any atom is 0.102 e. The molecule has 0 aliphatic rings. The third-order valence-corrected chi connectivity index (χ3v) is 2.60. The third-order valence-electron chi connectivity index (χ3n) is 2.29. The van der Waals surface area contributed by atoms with Crippen molar-refractivity contribution in [3.63, 3.8) is 0 Å². The highest BCUT2D eigenvalue weighted by atomic mass is 35.5. The summed E-state index contributed by atoms with van der Waals surface area (Å²) in [6.45, 7) is 0. The zero-order valence-corrected chi connectivity index (χ0v) is 8.78. The molecule has 15 heavy (non-hydrogen) atoms. The van der Waals surface area contributed by atoms with Crippen LogP contribution in [0.5, 0.6) is 0 Å². The molecule has 2 aromatic rings. The lowest BCUT2D eigenvalue weighted by Gasteiger charge is -2.05. The van der Waals surface area contributed by atoms with Crippen molar-refractivity contribution in [2.24, 2.45) is 0 Å². The van der Waals surface area contributed by atoms with Crippen molar-refractivity contribution in [1.29, 1.82) is 5.26 Å². The molecule has 74 valence electrons. The second-order valence-electron chi connectivity index (χ2n) is 3.26. The van der Waals surface area contributed by atoms with Gasteiger partial charge >= 0.3 is 0 Å². The Kier molecular flexibility index (Phi) is 2.84. The highest BCUT2D eigenvalue weighted by molar-refractivity contribution is 6.18. The van der Waals surface area contributed by atoms with E-state index in [4.69, 9.17) is 16.9 Å². The number of halogens is 1. The summed E-state index contributed by atoms with van der Waals surface area (Å²) in [5.74, 6) is -0.0433. The van der Waals surface area contributed by atoms with E-state index in [2.05, 4.69) is 11.1 Å². The fourth-order valence-electron chi connectivity index (χ4n) is 1.46. The van der Waals surface area contributed by atoms with Crippen LogP contribution < -0.4 is 0 Å². The smallest absolute Gasteiger partial charge is 0.102 e. The summed E-state index contributed by atoms with van der Waals surface area (Å²) in [5, 5.41) is 9.95. The van der Waals surface area contributed by atoms with Gasteiger partial charge in [0.1, 0.15) is 5.92 Å². The number of fused-ring (bicyclic) bond motifs is 1. The van der Waals surface area contributed by atoms with Crippen LogP contribution in [0.2, 0.25) is 0 Å². The van der Waals surface area contributed by atoms with Crippen molar-refractivity contribution >= 4 is 22.5 Å². The first-order chi connectivity index (χ1) is 7.35. The van der Waals surface area contributed by atoms with E-state index in [1.165, 1.54) is 0 Å². The molecule has 1 atom stereocenters. The fourth-order valence-corrected chi connectivity index (χ4v) is 1.68. The number of alkyl halides is 1. The van der Waals surface area contributed by atoms with Crippen LogP contribution >= 0.6 is 11.6 Å². The fraction of sp³-hybridized carbons (Fsp3) is 0.167. The van der Waals surface area contributed by atoms with Crippen molar-refractivity contribution in [3.05, 3.63) is 42.1 Å². The number of hydrogen-bond acceptors (Lipinski definition) is 2. The van der Waals surface area contributed by atoms with Gasteiger partial charge in [-0.25, -0.2) is 0 Å². The Labute approximate surface area is 93.1 Å². The molecule has 1 aromatic carbocycles. The van der Waals surface area contributed by atoms with Crippen LogP contribution in [0.15, 0.2) is 36.4 Å². The van der Waals surface area contributed by atoms with E-state index in [1.807, 2.05) is 36.4 Å². The Hall–Kier alpha value is -1.59. The average molecular weight is 217 g/mol. The number of nitrogens with zero attached hydrogens (tertiary/aromatic N) is 2. The summed E-state index contributed by atoms with van der Waals surface area (Å²) in [5.41, 5.74) is 1.64. The number of hydrogen-bond donors (Lipinski definition) is 0. The van der Waals surface area contributed by atoms with Gasteiger partial charge in [-0.15, -0.1) is 11.6 Å². The SMILES string of the molecule is N#CC(CCl)c1ccc2ccccc2n1. The van der Waals surface area contributed by atoms with E-state index >= 15 is 0 Å². The molecule has 3 heteroatoms. The normalized spacial score (nSPS) is 12.3. The molecule has 0 amide bonds. The third kappa shape index (κ3) is 1.93. The zero-order chi connectivity index (χ0) is 10.7. The van der Waals surface area contributed by atoms with Crippen molar-refractivity contribution < 1.29 is 0 Å². The molecule has 0 saturated carbocycles. The number of para-hydroxylation sites is 1. The predicted octanol–water partition coefficient (Wildman–Crippen LogP) is 3.08. The van der Waals surface area contributed by atoms with E-state index in [0.717, 1.165) is 16.6 Å². The van der Waals surface area contributed by atoms with E-state index in [9.17, 15) is 0 Å². The molecule has 2 rings (SSSR count). The van der Waals surface area contributed by atoms with Gasteiger partial charge in [0.2, 0.25) is 0 Å². The molecule has 0 aliphatic carbocycles. The van der Waals surface area contributed by atoms with Gasteiger partial charge in [0, 0.05) is 11.3 Å². The monoisotopic (exact) mass is 216 g/mol. The van der Waals surface area contributed by atoms with Crippen LogP contribution in [0.4, 0.5) is 0 Å². The van der Waals surface area contributed by atoms with Gasteiger partial charge in [0.15, 0.2) is 0 Å². The molecule has 0 radical (unpaired) electrons. The van der Waals surface area contributed by atoms with E-state index < -0.39 is 0 Å². The van der Waals surface area contributed by atoms with Crippen LogP contribution in [0.25, 0.3) is 10.9 Å². The van der Waals surface area contributed by atoms with Crippen molar-refractivity contribution in [3.8, 4) is 6.07 Å². The summed E-state index contributed by atoms with van der Waals surface area (Å²) in [6.07, 6.45) is 0. The molecule has 0 bridgehead atoms. The predicted molar refractivity (Wildman–Crippen MR) is 60.8 cm³/mol. The van der Waals surface area contributed by atoms with Crippen LogP contribution in [-0.4, -0.2) is 10.9 Å². The van der Waals surface area contributed by atoms with Crippen molar-refractivity contribution in [2.45, 2.75) is 5.92 Å².